The van der Waals surface area contributed by atoms with E-state index in [0.717, 1.165) is 38.5 Å². The van der Waals surface area contributed by atoms with Gasteiger partial charge in [0.25, 0.3) is 5.91 Å². The molecule has 8 heteroatoms. The van der Waals surface area contributed by atoms with Crippen LogP contribution in [0.2, 0.25) is 0 Å². The van der Waals surface area contributed by atoms with Gasteiger partial charge >= 0.3 is 6.03 Å². The van der Waals surface area contributed by atoms with Crippen LogP contribution >= 0.6 is 0 Å². The maximum absolute atomic E-state index is 13.6. The van der Waals surface area contributed by atoms with Crippen molar-refractivity contribution in [3.63, 3.8) is 0 Å². The Balaban J connectivity index is 1.56. The number of nitrogens with zero attached hydrogens (tertiary/aromatic N) is 3. The second-order valence-electron chi connectivity index (χ2n) is 11.1. The minimum atomic E-state index is -0.369. The number of likely N-dealkylation sites (N-methyl/N-ethyl adjacent to an activating group) is 1. The first kappa shape index (κ1) is 27.3. The van der Waals surface area contributed by atoms with E-state index in [9.17, 15) is 14.7 Å². The number of fused-ring (bicyclic) bond motifs is 1. The number of carbonyl (C=O) groups excluding carboxylic acids is 2. The van der Waals surface area contributed by atoms with E-state index in [-0.39, 0.29) is 48.5 Å². The molecule has 37 heavy (non-hydrogen) atoms. The molecule has 1 aromatic rings. The fourth-order valence-electron chi connectivity index (χ4n) is 5.53. The van der Waals surface area contributed by atoms with Crippen molar-refractivity contribution in [3.05, 3.63) is 23.4 Å². The summed E-state index contributed by atoms with van der Waals surface area (Å²) < 4.78 is 6.33. The monoisotopic (exact) mass is 510 g/mol. The molecule has 202 valence electrons. The van der Waals surface area contributed by atoms with Gasteiger partial charge in [-0.1, -0.05) is 50.9 Å². The van der Waals surface area contributed by atoms with E-state index in [1.54, 1.807) is 29.1 Å². The fourth-order valence-corrected chi connectivity index (χ4v) is 5.53. The number of rotatable bonds is 5. The molecule has 2 fully saturated rings. The number of aromatic nitrogens is 1. The number of hydrogen-bond acceptors (Lipinski definition) is 5. The highest BCUT2D eigenvalue weighted by Gasteiger charge is 2.35. The molecule has 0 aromatic carbocycles. The van der Waals surface area contributed by atoms with E-state index in [4.69, 9.17) is 4.74 Å². The van der Waals surface area contributed by atoms with Crippen LogP contribution < -0.4 is 10.1 Å². The average Bonchev–Trinajstić information content (AvgIpc) is 3.42. The third-order valence-electron chi connectivity index (χ3n) is 8.03. The van der Waals surface area contributed by atoms with Crippen molar-refractivity contribution in [2.24, 2.45) is 11.8 Å². The zero-order chi connectivity index (χ0) is 26.4. The van der Waals surface area contributed by atoms with Gasteiger partial charge in [0.1, 0.15) is 11.7 Å². The van der Waals surface area contributed by atoms with Crippen LogP contribution in [-0.4, -0.2) is 76.8 Å². The Kier molecular flexibility index (Phi) is 9.31. The molecule has 2 saturated carbocycles. The minimum Gasteiger partial charge on any atom is -0.472 e. The summed E-state index contributed by atoms with van der Waals surface area (Å²) in [6.07, 6.45) is 11.6. The summed E-state index contributed by atoms with van der Waals surface area (Å²) >= 11 is 0. The number of amides is 3. The van der Waals surface area contributed by atoms with Gasteiger partial charge in [-0.3, -0.25) is 4.79 Å². The Labute approximate surface area is 221 Å². The molecule has 2 aliphatic carbocycles. The van der Waals surface area contributed by atoms with E-state index >= 15 is 0 Å². The van der Waals surface area contributed by atoms with Crippen molar-refractivity contribution in [3.8, 4) is 17.7 Å². The zero-order valence-corrected chi connectivity index (χ0v) is 22.5. The van der Waals surface area contributed by atoms with Crippen LogP contribution in [0.25, 0.3) is 0 Å². The van der Waals surface area contributed by atoms with E-state index in [1.807, 2.05) is 13.8 Å². The number of ether oxygens (including phenoxy) is 1. The van der Waals surface area contributed by atoms with Crippen molar-refractivity contribution < 1.29 is 19.4 Å². The van der Waals surface area contributed by atoms with Gasteiger partial charge in [0.15, 0.2) is 0 Å². The van der Waals surface area contributed by atoms with Gasteiger partial charge < -0.3 is 25.0 Å². The maximum Gasteiger partial charge on any atom is 0.317 e. The van der Waals surface area contributed by atoms with Crippen LogP contribution in [0.15, 0.2) is 12.3 Å². The molecule has 0 saturated heterocycles. The van der Waals surface area contributed by atoms with Gasteiger partial charge in [-0.25, -0.2) is 9.78 Å². The zero-order valence-electron chi connectivity index (χ0n) is 22.5. The highest BCUT2D eigenvalue weighted by atomic mass is 16.5. The largest absolute Gasteiger partial charge is 0.472 e. The van der Waals surface area contributed by atoms with Crippen LogP contribution in [0, 0.1) is 23.7 Å². The van der Waals surface area contributed by atoms with Gasteiger partial charge in [-0.2, -0.15) is 0 Å². The lowest BCUT2D eigenvalue weighted by atomic mass is 9.90. The van der Waals surface area contributed by atoms with E-state index in [0.29, 0.717) is 30.1 Å². The van der Waals surface area contributed by atoms with E-state index in [2.05, 4.69) is 22.1 Å². The molecule has 4 rings (SSSR count). The van der Waals surface area contributed by atoms with Gasteiger partial charge in [-0.15, -0.1) is 0 Å². The first-order valence-electron chi connectivity index (χ1n) is 14.0. The first-order chi connectivity index (χ1) is 17.9. The normalized spacial score (nSPS) is 23.7. The smallest absolute Gasteiger partial charge is 0.317 e. The molecule has 1 aromatic heterocycles. The summed E-state index contributed by atoms with van der Waals surface area (Å²) in [7, 11) is 1.77. The number of carbonyl (C=O) groups is 2. The summed E-state index contributed by atoms with van der Waals surface area (Å²) in [5.74, 6) is 6.95. The summed E-state index contributed by atoms with van der Waals surface area (Å²) in [6.45, 7) is 4.47. The molecule has 3 atom stereocenters. The lowest BCUT2D eigenvalue weighted by Crippen LogP contribution is -2.52. The topological polar surface area (TPSA) is 95.0 Å². The van der Waals surface area contributed by atoms with Crippen molar-refractivity contribution >= 4 is 11.9 Å². The minimum absolute atomic E-state index is 0.0830. The summed E-state index contributed by atoms with van der Waals surface area (Å²) in [6, 6.07) is 1.53. The predicted molar refractivity (Wildman–Crippen MR) is 142 cm³/mol. The summed E-state index contributed by atoms with van der Waals surface area (Å²) in [5.41, 5.74) is 1.04. The van der Waals surface area contributed by atoms with Crippen molar-refractivity contribution in [2.45, 2.75) is 89.8 Å². The number of pyridine rings is 1. The molecule has 0 radical (unpaired) electrons. The molecule has 2 heterocycles. The van der Waals surface area contributed by atoms with Gasteiger partial charge in [-0.05, 0) is 38.7 Å². The highest BCUT2D eigenvalue weighted by molar-refractivity contribution is 5.97. The number of nitrogens with one attached hydrogen (secondary N) is 1. The van der Waals surface area contributed by atoms with Gasteiger partial charge in [0.05, 0.1) is 19.2 Å². The SMILES string of the molecule is C[C@@H]1CN([C@@H](C)CO)C(=O)c2cc(C#CC3CCCCC3)cnc2O[C@H]1CN(C)C(=O)NC1CCCC1. The molecule has 3 amide bonds. The Hall–Kier alpha value is -2.79. The van der Waals surface area contributed by atoms with E-state index in [1.165, 1.54) is 19.3 Å². The fraction of sp³-hybridized carbons (Fsp3) is 0.690. The van der Waals surface area contributed by atoms with Crippen molar-refractivity contribution in [1.29, 1.82) is 0 Å². The van der Waals surface area contributed by atoms with Crippen LogP contribution in [-0.2, 0) is 0 Å². The van der Waals surface area contributed by atoms with Gasteiger partial charge in [0, 0.05) is 43.2 Å². The lowest BCUT2D eigenvalue weighted by molar-refractivity contribution is 0.0351. The van der Waals surface area contributed by atoms with Crippen LogP contribution in [0.3, 0.4) is 0 Å². The molecule has 3 aliphatic rings. The average molecular weight is 511 g/mol. The van der Waals surface area contributed by atoms with Crippen LogP contribution in [0.5, 0.6) is 5.88 Å². The first-order valence-corrected chi connectivity index (χ1v) is 14.0. The van der Waals surface area contributed by atoms with Gasteiger partial charge in [0.2, 0.25) is 5.88 Å². The Morgan fingerprint density at radius 2 is 1.95 bits per heavy atom. The second-order valence-corrected chi connectivity index (χ2v) is 11.1. The molecule has 0 bridgehead atoms. The Morgan fingerprint density at radius 1 is 1.24 bits per heavy atom. The molecule has 2 N–H and O–H groups in total. The lowest BCUT2D eigenvalue weighted by Gasteiger charge is -2.37. The number of hydrogen-bond donors (Lipinski definition) is 2. The number of urea groups is 1. The summed E-state index contributed by atoms with van der Waals surface area (Å²) in [5, 5.41) is 13.0. The standard InChI is InChI=1S/C29H42N4O4/c1-20-17-33(21(2)19-34)28(35)25-15-23(14-13-22-9-5-4-6-10-22)16-30-27(25)37-26(20)18-32(3)29(36)31-24-11-7-8-12-24/h15-16,20-22,24,26,34H,4-12,17-19H2,1-3H3,(H,31,36)/t20-,21+,26+/m1/s1. The maximum atomic E-state index is 13.6. The molecular formula is C29H42N4O4. The Morgan fingerprint density at radius 3 is 2.65 bits per heavy atom. The van der Waals surface area contributed by atoms with E-state index < -0.39 is 0 Å². The van der Waals surface area contributed by atoms with Crippen LogP contribution in [0.4, 0.5) is 4.79 Å². The summed E-state index contributed by atoms with van der Waals surface area (Å²) in [4.78, 5) is 34.3. The highest BCUT2D eigenvalue weighted by Crippen LogP contribution is 2.28. The third kappa shape index (κ3) is 6.95. The number of aliphatic hydroxyl groups excluding tert-OH is 1. The predicted octanol–water partition coefficient (Wildman–Crippen LogP) is 3.82. The Bertz CT molecular complexity index is 1010. The molecule has 8 nitrogen and oxygen atoms in total. The van der Waals surface area contributed by atoms with Crippen LogP contribution in [0.1, 0.15) is 87.6 Å². The number of aliphatic hydroxyl groups is 1. The third-order valence-corrected chi connectivity index (χ3v) is 8.03. The second kappa shape index (κ2) is 12.6. The molecule has 0 spiro atoms. The molecular weight excluding hydrogens is 468 g/mol. The molecule has 0 unspecified atom stereocenters. The van der Waals surface area contributed by atoms with Crippen molar-refractivity contribution in [2.75, 3.05) is 26.7 Å². The molecule has 1 aliphatic heterocycles. The van der Waals surface area contributed by atoms with Crippen molar-refractivity contribution in [1.82, 2.24) is 20.1 Å². The quantitative estimate of drug-likeness (QED) is 0.588.